The summed E-state index contributed by atoms with van der Waals surface area (Å²) in [6, 6.07) is 4.30. The molecule has 0 atom stereocenters. The summed E-state index contributed by atoms with van der Waals surface area (Å²) in [6.45, 7) is 0. The van der Waals surface area contributed by atoms with Crippen molar-refractivity contribution in [1.82, 2.24) is 15.3 Å². The highest BCUT2D eigenvalue weighted by Gasteiger charge is 2.34. The molecule has 2 aromatic heterocycles. The summed E-state index contributed by atoms with van der Waals surface area (Å²) in [5.41, 5.74) is -0.927. The number of alkyl halides is 3. The van der Waals surface area contributed by atoms with Crippen molar-refractivity contribution in [2.75, 3.05) is 5.75 Å². The van der Waals surface area contributed by atoms with E-state index < -0.39 is 11.9 Å². The Morgan fingerprint density at radius 2 is 2.16 bits per heavy atom. The van der Waals surface area contributed by atoms with E-state index in [1.54, 1.807) is 12.1 Å². The molecule has 2 aromatic rings. The Bertz CT molecular complexity index is 731. The molecule has 1 aliphatic carbocycles. The predicted octanol–water partition coefficient (Wildman–Crippen LogP) is 3.91. The molecule has 1 N–H and O–H groups in total. The normalized spacial score (nSPS) is 14.5. The lowest BCUT2D eigenvalue weighted by Gasteiger charge is -2.09. The highest BCUT2D eigenvalue weighted by Crippen LogP contribution is 2.32. The SMILES string of the molecule is O=C(CCCSc1nc(-c2ccco2)cc(C(F)(F)F)n1)NC1CC1. The van der Waals surface area contributed by atoms with Gasteiger partial charge in [-0.3, -0.25) is 4.79 Å². The number of carbonyl (C=O) groups is 1. The van der Waals surface area contributed by atoms with Crippen LogP contribution >= 0.6 is 11.8 Å². The summed E-state index contributed by atoms with van der Waals surface area (Å²) >= 11 is 1.09. The van der Waals surface area contributed by atoms with Gasteiger partial charge >= 0.3 is 6.18 Å². The lowest BCUT2D eigenvalue weighted by molar-refractivity contribution is -0.141. The predicted molar refractivity (Wildman–Crippen MR) is 85.9 cm³/mol. The first-order valence-electron chi connectivity index (χ1n) is 7.84. The molecule has 0 spiro atoms. The molecule has 0 bridgehead atoms. The highest BCUT2D eigenvalue weighted by atomic mass is 32.2. The van der Waals surface area contributed by atoms with Crippen LogP contribution in [0.4, 0.5) is 13.2 Å². The molecule has 0 aromatic carbocycles. The Morgan fingerprint density at radius 1 is 1.36 bits per heavy atom. The molecule has 0 saturated heterocycles. The minimum Gasteiger partial charge on any atom is -0.463 e. The molecule has 9 heteroatoms. The Kier molecular flexibility index (Phi) is 5.31. The Hall–Kier alpha value is -2.03. The van der Waals surface area contributed by atoms with Gasteiger partial charge in [-0.15, -0.1) is 0 Å². The van der Waals surface area contributed by atoms with Crippen molar-refractivity contribution >= 4 is 17.7 Å². The van der Waals surface area contributed by atoms with Crippen LogP contribution in [0.25, 0.3) is 11.5 Å². The Morgan fingerprint density at radius 3 is 2.80 bits per heavy atom. The molecule has 0 unspecified atom stereocenters. The number of carbonyl (C=O) groups excluding carboxylic acids is 1. The van der Waals surface area contributed by atoms with Crippen LogP contribution in [0.5, 0.6) is 0 Å². The average Bonchev–Trinajstić information content (AvgIpc) is 3.19. The first kappa shape index (κ1) is 17.8. The van der Waals surface area contributed by atoms with Crippen LogP contribution in [0, 0.1) is 0 Å². The van der Waals surface area contributed by atoms with E-state index >= 15 is 0 Å². The van der Waals surface area contributed by atoms with Gasteiger partial charge in [-0.2, -0.15) is 13.2 Å². The first-order valence-corrected chi connectivity index (χ1v) is 8.83. The summed E-state index contributed by atoms with van der Waals surface area (Å²) in [5.74, 6) is 0.680. The van der Waals surface area contributed by atoms with Gasteiger partial charge in [0, 0.05) is 18.2 Å². The molecular weight excluding hydrogens is 355 g/mol. The van der Waals surface area contributed by atoms with Gasteiger partial charge < -0.3 is 9.73 Å². The van der Waals surface area contributed by atoms with E-state index in [9.17, 15) is 18.0 Å². The second kappa shape index (κ2) is 7.47. The van der Waals surface area contributed by atoms with Gasteiger partial charge in [0.2, 0.25) is 5.91 Å². The molecule has 1 fully saturated rings. The third-order valence-corrected chi connectivity index (χ3v) is 4.43. The zero-order valence-electron chi connectivity index (χ0n) is 13.2. The van der Waals surface area contributed by atoms with Crippen molar-refractivity contribution in [1.29, 1.82) is 0 Å². The van der Waals surface area contributed by atoms with E-state index in [1.807, 2.05) is 0 Å². The van der Waals surface area contributed by atoms with Crippen LogP contribution in [0.15, 0.2) is 34.0 Å². The van der Waals surface area contributed by atoms with E-state index in [-0.39, 0.29) is 22.5 Å². The number of amides is 1. The largest absolute Gasteiger partial charge is 0.463 e. The van der Waals surface area contributed by atoms with Gasteiger partial charge in [0.1, 0.15) is 11.4 Å². The van der Waals surface area contributed by atoms with Crippen molar-refractivity contribution in [3.8, 4) is 11.5 Å². The van der Waals surface area contributed by atoms with Gasteiger partial charge in [0.25, 0.3) is 0 Å². The average molecular weight is 371 g/mol. The Labute approximate surface area is 146 Å². The minimum atomic E-state index is -4.57. The molecule has 1 amide bonds. The summed E-state index contributed by atoms with van der Waals surface area (Å²) in [7, 11) is 0. The smallest absolute Gasteiger partial charge is 0.433 e. The van der Waals surface area contributed by atoms with Crippen molar-refractivity contribution in [3.63, 3.8) is 0 Å². The summed E-state index contributed by atoms with van der Waals surface area (Å²) in [4.78, 5) is 19.3. The number of thioether (sulfide) groups is 1. The molecule has 25 heavy (non-hydrogen) atoms. The lowest BCUT2D eigenvalue weighted by Crippen LogP contribution is -2.25. The van der Waals surface area contributed by atoms with Crippen LogP contribution in [0.3, 0.4) is 0 Å². The fraction of sp³-hybridized carbons (Fsp3) is 0.438. The number of nitrogens with one attached hydrogen (secondary N) is 1. The third-order valence-electron chi connectivity index (χ3n) is 3.49. The molecule has 1 saturated carbocycles. The topological polar surface area (TPSA) is 68.0 Å². The first-order chi connectivity index (χ1) is 11.9. The van der Waals surface area contributed by atoms with Gasteiger partial charge in [-0.1, -0.05) is 11.8 Å². The third kappa shape index (κ3) is 5.22. The summed E-state index contributed by atoms with van der Waals surface area (Å²) in [6.07, 6.45) is -0.269. The molecule has 0 aliphatic heterocycles. The maximum atomic E-state index is 13.0. The fourth-order valence-electron chi connectivity index (χ4n) is 2.11. The van der Waals surface area contributed by atoms with E-state index in [0.29, 0.717) is 24.6 Å². The number of hydrogen-bond acceptors (Lipinski definition) is 5. The molecule has 0 radical (unpaired) electrons. The van der Waals surface area contributed by atoms with Crippen molar-refractivity contribution in [3.05, 3.63) is 30.2 Å². The monoisotopic (exact) mass is 371 g/mol. The van der Waals surface area contributed by atoms with Crippen molar-refractivity contribution in [2.45, 2.75) is 43.1 Å². The number of hydrogen-bond donors (Lipinski definition) is 1. The van der Waals surface area contributed by atoms with Gasteiger partial charge in [0.05, 0.1) is 6.26 Å². The zero-order chi connectivity index (χ0) is 17.9. The number of rotatable bonds is 7. The zero-order valence-corrected chi connectivity index (χ0v) is 14.0. The van der Waals surface area contributed by atoms with E-state index in [0.717, 1.165) is 30.7 Å². The number of aromatic nitrogens is 2. The van der Waals surface area contributed by atoms with Gasteiger partial charge in [0.15, 0.2) is 10.9 Å². The maximum absolute atomic E-state index is 13.0. The van der Waals surface area contributed by atoms with Crippen LogP contribution in [-0.4, -0.2) is 27.7 Å². The molecule has 134 valence electrons. The molecule has 3 rings (SSSR count). The van der Waals surface area contributed by atoms with E-state index in [1.165, 1.54) is 6.26 Å². The van der Waals surface area contributed by atoms with Gasteiger partial charge in [-0.25, -0.2) is 9.97 Å². The van der Waals surface area contributed by atoms with Crippen molar-refractivity contribution in [2.24, 2.45) is 0 Å². The minimum absolute atomic E-state index is 0.0174. The second-order valence-corrected chi connectivity index (χ2v) is 6.75. The standard InChI is InChI=1S/C16H16F3N3O2S/c17-16(18,19)13-9-11(12-3-1-7-24-12)21-15(22-13)25-8-2-4-14(23)20-10-5-6-10/h1,3,7,9-10H,2,4-6,8H2,(H,20,23). The number of furan rings is 1. The number of nitrogens with zero attached hydrogens (tertiary/aromatic N) is 2. The molecule has 1 aliphatic rings. The molecule has 5 nitrogen and oxygen atoms in total. The van der Waals surface area contributed by atoms with Crippen LogP contribution in [0.1, 0.15) is 31.4 Å². The summed E-state index contributed by atoms with van der Waals surface area (Å²) in [5, 5.41) is 2.89. The second-order valence-electron chi connectivity index (χ2n) is 5.69. The lowest BCUT2D eigenvalue weighted by atomic mass is 10.2. The highest BCUT2D eigenvalue weighted by molar-refractivity contribution is 7.99. The fourth-order valence-corrected chi connectivity index (χ4v) is 2.91. The van der Waals surface area contributed by atoms with Crippen molar-refractivity contribution < 1.29 is 22.4 Å². The summed E-state index contributed by atoms with van der Waals surface area (Å²) < 4.78 is 44.2. The van der Waals surface area contributed by atoms with Crippen LogP contribution in [-0.2, 0) is 11.0 Å². The Balaban J connectivity index is 1.63. The maximum Gasteiger partial charge on any atom is 0.433 e. The van der Waals surface area contributed by atoms with Crippen LogP contribution < -0.4 is 5.32 Å². The molecular formula is C16H16F3N3O2S. The quantitative estimate of drug-likeness (QED) is 0.454. The van der Waals surface area contributed by atoms with E-state index in [4.69, 9.17) is 4.42 Å². The van der Waals surface area contributed by atoms with Crippen LogP contribution in [0.2, 0.25) is 0 Å². The van der Waals surface area contributed by atoms with E-state index in [2.05, 4.69) is 15.3 Å². The molecule has 2 heterocycles. The number of halogens is 3. The van der Waals surface area contributed by atoms with Gasteiger partial charge in [-0.05, 0) is 37.5 Å².